The summed E-state index contributed by atoms with van der Waals surface area (Å²) in [5.74, 6) is 0.620. The normalized spacial score (nSPS) is 11.8. The number of hydrogen-bond donors (Lipinski definition) is 3. The van der Waals surface area contributed by atoms with Crippen molar-refractivity contribution in [2.24, 2.45) is 0 Å². The summed E-state index contributed by atoms with van der Waals surface area (Å²) in [5, 5.41) is 15.6. The van der Waals surface area contributed by atoms with Crippen LogP contribution in [0.25, 0.3) is 0 Å². The van der Waals surface area contributed by atoms with Gasteiger partial charge >= 0.3 is 0 Å². The highest BCUT2D eigenvalue weighted by Gasteiger charge is 2.18. The van der Waals surface area contributed by atoms with E-state index >= 15 is 0 Å². The molecule has 0 fully saturated rings. The summed E-state index contributed by atoms with van der Waals surface area (Å²) in [4.78, 5) is 4.12. The van der Waals surface area contributed by atoms with Crippen molar-refractivity contribution in [2.45, 2.75) is 31.8 Å². The Balaban J connectivity index is 2.15. The first-order valence-corrected chi connectivity index (χ1v) is 7.97. The molecule has 0 spiro atoms. The van der Waals surface area contributed by atoms with Crippen LogP contribution in [0.1, 0.15) is 22.5 Å². The van der Waals surface area contributed by atoms with Crippen molar-refractivity contribution in [1.29, 1.82) is 0 Å². The number of benzene rings is 1. The van der Waals surface area contributed by atoms with Crippen molar-refractivity contribution < 1.29 is 13.5 Å². The van der Waals surface area contributed by atoms with Gasteiger partial charge in [0.05, 0.1) is 11.5 Å². The number of hydrogen-bond acceptors (Lipinski definition) is 5. The van der Waals surface area contributed by atoms with Crippen LogP contribution in [0.4, 0.5) is 0 Å². The van der Waals surface area contributed by atoms with Gasteiger partial charge in [0.15, 0.2) is 0 Å². The number of nitrogens with one attached hydrogen (secondary N) is 2. The van der Waals surface area contributed by atoms with Crippen LogP contribution in [-0.4, -0.2) is 35.3 Å². The lowest BCUT2D eigenvalue weighted by molar-refractivity contribution is 0.280. The molecule has 3 N–H and O–H groups in total. The molecule has 0 aliphatic carbocycles. The van der Waals surface area contributed by atoms with Gasteiger partial charge in [-0.3, -0.25) is 5.10 Å². The summed E-state index contributed by atoms with van der Waals surface area (Å²) < 4.78 is 27.2. The summed E-state index contributed by atoms with van der Waals surface area (Å²) in [6.07, 6.45) is 1.80. The smallest absolute Gasteiger partial charge is 0.240 e. The molecule has 0 amide bonds. The topological polar surface area (TPSA) is 108 Å². The lowest BCUT2D eigenvalue weighted by atomic mass is 10.1. The Kier molecular flexibility index (Phi) is 4.71. The van der Waals surface area contributed by atoms with E-state index < -0.39 is 10.0 Å². The minimum absolute atomic E-state index is 0.188. The first-order chi connectivity index (χ1) is 9.94. The van der Waals surface area contributed by atoms with Crippen molar-refractivity contribution in [1.82, 2.24) is 19.9 Å². The molecule has 0 bridgehead atoms. The van der Waals surface area contributed by atoms with Gasteiger partial charge in [-0.25, -0.2) is 18.1 Å². The highest BCUT2D eigenvalue weighted by atomic mass is 32.2. The van der Waals surface area contributed by atoms with E-state index in [0.29, 0.717) is 23.4 Å². The molecule has 0 radical (unpaired) electrons. The third kappa shape index (κ3) is 3.66. The summed E-state index contributed by atoms with van der Waals surface area (Å²) in [7, 11) is -3.62. The van der Waals surface area contributed by atoms with Gasteiger partial charge in [-0.05, 0) is 36.6 Å². The molecular formula is C13H18N4O3S. The summed E-state index contributed by atoms with van der Waals surface area (Å²) >= 11 is 0. The summed E-state index contributed by atoms with van der Waals surface area (Å²) in [5.41, 5.74) is 2.13. The van der Waals surface area contributed by atoms with Crippen molar-refractivity contribution in [3.63, 3.8) is 0 Å². The van der Waals surface area contributed by atoms with Gasteiger partial charge in [-0.15, -0.1) is 0 Å². The van der Waals surface area contributed by atoms with Crippen molar-refractivity contribution >= 4 is 10.0 Å². The zero-order chi connectivity index (χ0) is 15.5. The van der Waals surface area contributed by atoms with Crippen LogP contribution in [0.3, 0.4) is 0 Å². The Hall–Kier alpha value is -1.77. The maximum atomic E-state index is 12.3. The standard InChI is InChI=1S/C13H18N4O3S/c1-9-5-10(2)12(6-11(9)7-18)21(19,20)16-4-3-13-14-8-15-17-13/h5-6,8,16,18H,3-4,7H2,1-2H3,(H,14,15,17). The molecular weight excluding hydrogens is 292 g/mol. The van der Waals surface area contributed by atoms with Crippen molar-refractivity contribution in [3.05, 3.63) is 41.0 Å². The van der Waals surface area contributed by atoms with Crippen molar-refractivity contribution in [2.75, 3.05) is 6.54 Å². The number of H-pyrrole nitrogens is 1. The number of aromatic amines is 1. The van der Waals surface area contributed by atoms with E-state index in [-0.39, 0.29) is 18.0 Å². The molecule has 21 heavy (non-hydrogen) atoms. The van der Waals surface area contributed by atoms with Crippen LogP contribution in [0.2, 0.25) is 0 Å². The van der Waals surface area contributed by atoms with Crippen LogP contribution in [0.15, 0.2) is 23.4 Å². The quantitative estimate of drug-likeness (QED) is 0.717. The Labute approximate surface area is 123 Å². The largest absolute Gasteiger partial charge is 0.392 e. The molecule has 0 aliphatic heterocycles. The molecule has 2 rings (SSSR count). The van der Waals surface area contributed by atoms with Gasteiger partial charge in [-0.2, -0.15) is 5.10 Å². The number of rotatable bonds is 6. The van der Waals surface area contributed by atoms with E-state index in [1.807, 2.05) is 6.92 Å². The molecule has 2 aromatic rings. The van der Waals surface area contributed by atoms with Gasteiger partial charge in [0.2, 0.25) is 10.0 Å². The first-order valence-electron chi connectivity index (χ1n) is 6.49. The molecule has 0 atom stereocenters. The van der Waals surface area contributed by atoms with E-state index in [2.05, 4.69) is 19.9 Å². The second-order valence-corrected chi connectivity index (χ2v) is 6.52. The van der Waals surface area contributed by atoms with Gasteiger partial charge in [0.25, 0.3) is 0 Å². The first kappa shape index (κ1) is 15.6. The van der Waals surface area contributed by atoms with Crippen LogP contribution in [0, 0.1) is 13.8 Å². The van der Waals surface area contributed by atoms with E-state index in [9.17, 15) is 13.5 Å². The third-order valence-electron chi connectivity index (χ3n) is 3.21. The zero-order valence-electron chi connectivity index (χ0n) is 11.9. The Morgan fingerprint density at radius 3 is 2.67 bits per heavy atom. The Morgan fingerprint density at radius 1 is 1.29 bits per heavy atom. The van der Waals surface area contributed by atoms with Crippen molar-refractivity contribution in [3.8, 4) is 0 Å². The molecule has 1 aromatic carbocycles. The van der Waals surface area contributed by atoms with Gasteiger partial charge < -0.3 is 5.11 Å². The van der Waals surface area contributed by atoms with E-state index in [0.717, 1.165) is 5.56 Å². The SMILES string of the molecule is Cc1cc(C)c(S(=O)(=O)NCCc2ncn[nH]2)cc1CO. The van der Waals surface area contributed by atoms with Crippen LogP contribution >= 0.6 is 0 Å². The minimum Gasteiger partial charge on any atom is -0.392 e. The van der Waals surface area contributed by atoms with Crippen LogP contribution in [-0.2, 0) is 23.1 Å². The highest BCUT2D eigenvalue weighted by molar-refractivity contribution is 7.89. The van der Waals surface area contributed by atoms with E-state index in [4.69, 9.17) is 0 Å². The second-order valence-electron chi connectivity index (χ2n) is 4.78. The predicted molar refractivity (Wildman–Crippen MR) is 77.1 cm³/mol. The Bertz CT molecular complexity index is 711. The van der Waals surface area contributed by atoms with E-state index in [1.54, 1.807) is 13.0 Å². The average molecular weight is 310 g/mol. The number of aromatic nitrogens is 3. The lowest BCUT2D eigenvalue weighted by Crippen LogP contribution is -2.27. The number of aryl methyl sites for hydroxylation is 2. The second kappa shape index (κ2) is 6.33. The number of aliphatic hydroxyl groups is 1. The molecule has 1 aromatic heterocycles. The maximum Gasteiger partial charge on any atom is 0.240 e. The molecule has 0 aliphatic rings. The predicted octanol–water partition coefficient (Wildman–Crippen LogP) is 0.435. The molecule has 7 nitrogen and oxygen atoms in total. The molecule has 0 saturated carbocycles. The monoisotopic (exact) mass is 310 g/mol. The molecule has 0 unspecified atom stereocenters. The van der Waals surface area contributed by atoms with Gasteiger partial charge in [0.1, 0.15) is 12.2 Å². The maximum absolute atomic E-state index is 12.3. The Morgan fingerprint density at radius 2 is 2.05 bits per heavy atom. The molecule has 1 heterocycles. The fourth-order valence-electron chi connectivity index (χ4n) is 2.07. The third-order valence-corrected chi connectivity index (χ3v) is 4.82. The van der Waals surface area contributed by atoms with Gasteiger partial charge in [-0.1, -0.05) is 6.07 Å². The van der Waals surface area contributed by atoms with Crippen LogP contribution in [0.5, 0.6) is 0 Å². The minimum atomic E-state index is -3.62. The number of aliphatic hydroxyl groups excluding tert-OH is 1. The lowest BCUT2D eigenvalue weighted by Gasteiger charge is -2.12. The molecule has 8 heteroatoms. The van der Waals surface area contributed by atoms with Crippen LogP contribution < -0.4 is 4.72 Å². The highest BCUT2D eigenvalue weighted by Crippen LogP contribution is 2.20. The van der Waals surface area contributed by atoms with E-state index in [1.165, 1.54) is 12.4 Å². The number of nitrogens with zero attached hydrogens (tertiary/aromatic N) is 2. The van der Waals surface area contributed by atoms with Gasteiger partial charge in [0, 0.05) is 13.0 Å². The molecule has 114 valence electrons. The molecule has 0 saturated heterocycles. The fourth-order valence-corrected chi connectivity index (χ4v) is 3.37. The zero-order valence-corrected chi connectivity index (χ0v) is 12.7. The average Bonchev–Trinajstić information content (AvgIpc) is 2.91. The summed E-state index contributed by atoms with van der Waals surface area (Å²) in [6.45, 7) is 3.61. The fraction of sp³-hybridized carbons (Fsp3) is 0.385. The number of sulfonamides is 1. The summed E-state index contributed by atoms with van der Waals surface area (Å²) in [6, 6.07) is 3.28.